The van der Waals surface area contributed by atoms with E-state index in [0.29, 0.717) is 0 Å². The molecule has 0 aliphatic rings. The zero-order valence-corrected chi connectivity index (χ0v) is 49.1. The predicted molar refractivity (Wildman–Crippen MR) is 381 cm³/mol. The van der Waals surface area contributed by atoms with Crippen LogP contribution in [-0.2, 0) is 0 Å². The second-order valence-electron chi connectivity index (χ2n) is 23.6. The Morgan fingerprint density at radius 1 is 0.178 bits per heavy atom. The molecule has 15 aromatic carbocycles. The third-order valence-corrected chi connectivity index (χ3v) is 18.6. The van der Waals surface area contributed by atoms with E-state index in [9.17, 15) is 0 Å². The average Bonchev–Trinajstić information content (AvgIpc) is 2.87. The molecule has 0 saturated heterocycles. The Hall–Kier alpha value is -12.0. The van der Waals surface area contributed by atoms with E-state index in [2.05, 4.69) is 358 Å². The summed E-state index contributed by atoms with van der Waals surface area (Å²) in [4.78, 5) is 2.49. The Morgan fingerprint density at radius 2 is 0.489 bits per heavy atom. The second kappa shape index (κ2) is 20.9. The monoisotopic (exact) mass is 1140 g/mol. The van der Waals surface area contributed by atoms with Crippen LogP contribution in [0.1, 0.15) is 0 Å². The molecule has 0 saturated carbocycles. The summed E-state index contributed by atoms with van der Waals surface area (Å²) in [5, 5.41) is 12.1. The topological polar surface area (TPSA) is 18.0 Å². The maximum Gasteiger partial charge on any atom is 0.0547 e. The van der Waals surface area contributed by atoms with Crippen LogP contribution in [-0.4, -0.2) is 13.7 Å². The summed E-state index contributed by atoms with van der Waals surface area (Å²) in [7, 11) is 0. The second-order valence-corrected chi connectivity index (χ2v) is 23.6. The standard InChI is InChI=1S/C86H56N4/c1-4-20-63(21-5-1)87-80-34-18-15-31-74(80)77-54-60(43-50-84(77)87)59-38-36-57(37-39-59)58-40-45-66(46-41-58)89(82-52-48-67(69-26-10-12-28-71(69)82)61-44-51-85-78(55-61)75-32-16-19-35-81(75)88(85)64-22-6-2-7-23-64)83-53-49-68(70-27-11-13-29-72(70)83)62-42-47-76-73-30-14-17-33-79(73)90(86(76)56-62)65-24-8-3-9-25-65/h1-56H. The lowest BCUT2D eigenvalue weighted by Crippen LogP contribution is -2.11. The Labute approximate surface area is 520 Å². The lowest BCUT2D eigenvalue weighted by molar-refractivity contribution is 1.18. The minimum atomic E-state index is 1.07. The highest BCUT2D eigenvalue weighted by molar-refractivity contribution is 6.16. The fraction of sp³-hybridized carbons (Fsp3) is 0. The number of para-hydroxylation sites is 6. The van der Waals surface area contributed by atoms with E-state index in [1.807, 2.05) is 0 Å². The molecule has 18 aromatic rings. The summed E-state index contributed by atoms with van der Waals surface area (Å²) in [6, 6.07) is 125. The van der Waals surface area contributed by atoms with Crippen LogP contribution >= 0.6 is 0 Å². The summed E-state index contributed by atoms with van der Waals surface area (Å²) in [5.74, 6) is 0. The molecule has 18 rings (SSSR count). The molecule has 420 valence electrons. The van der Waals surface area contributed by atoms with Gasteiger partial charge in [-0.1, -0.05) is 231 Å². The van der Waals surface area contributed by atoms with Crippen molar-refractivity contribution in [2.75, 3.05) is 4.90 Å². The number of aromatic nitrogens is 3. The van der Waals surface area contributed by atoms with Crippen molar-refractivity contribution in [2.24, 2.45) is 0 Å². The smallest absolute Gasteiger partial charge is 0.0547 e. The maximum absolute atomic E-state index is 2.49. The quantitative estimate of drug-likeness (QED) is 0.133. The Bertz CT molecular complexity index is 5820. The van der Waals surface area contributed by atoms with Gasteiger partial charge in [0.15, 0.2) is 0 Å². The first-order valence-electron chi connectivity index (χ1n) is 31.0. The molecule has 0 bridgehead atoms. The molecular weight excluding hydrogens is 1090 g/mol. The SMILES string of the molecule is c1ccc(-n2c3ccccc3c3cc(-c4ccc(-c5ccc(N(c6ccc(-c7ccc8c(c7)c7ccccc7n8-c7ccccc7)c7ccccc67)c6ccc(-c7ccc8c9ccccc9n(-c9ccccc9)c8c7)c7ccccc67)cc5)cc4)ccc32)cc1. The van der Waals surface area contributed by atoms with Gasteiger partial charge in [-0.2, -0.15) is 0 Å². The minimum Gasteiger partial charge on any atom is -0.309 e. The first-order valence-corrected chi connectivity index (χ1v) is 31.0. The first kappa shape index (κ1) is 51.3. The summed E-state index contributed by atoms with van der Waals surface area (Å²) in [6.07, 6.45) is 0. The lowest BCUT2D eigenvalue weighted by atomic mass is 9.93. The van der Waals surface area contributed by atoms with Gasteiger partial charge in [0.2, 0.25) is 0 Å². The van der Waals surface area contributed by atoms with Gasteiger partial charge in [0.05, 0.1) is 44.5 Å². The van der Waals surface area contributed by atoms with E-state index < -0.39 is 0 Å². The van der Waals surface area contributed by atoms with Crippen LogP contribution in [0.2, 0.25) is 0 Å². The van der Waals surface area contributed by atoms with Crippen molar-refractivity contribution in [1.29, 1.82) is 0 Å². The molecule has 3 aromatic heterocycles. The van der Waals surface area contributed by atoms with Crippen LogP contribution in [0.15, 0.2) is 340 Å². The van der Waals surface area contributed by atoms with Crippen LogP contribution in [0.3, 0.4) is 0 Å². The van der Waals surface area contributed by atoms with Crippen molar-refractivity contribution in [3.8, 4) is 61.6 Å². The molecule has 0 unspecified atom stereocenters. The average molecular weight is 1150 g/mol. The van der Waals surface area contributed by atoms with E-state index in [-0.39, 0.29) is 0 Å². The summed E-state index contributed by atoms with van der Waals surface area (Å²) >= 11 is 0. The van der Waals surface area contributed by atoms with Crippen LogP contribution < -0.4 is 4.90 Å². The van der Waals surface area contributed by atoms with Gasteiger partial charge in [-0.25, -0.2) is 0 Å². The van der Waals surface area contributed by atoms with Gasteiger partial charge in [0, 0.05) is 65.8 Å². The van der Waals surface area contributed by atoms with Crippen LogP contribution in [0, 0.1) is 0 Å². The normalized spacial score (nSPS) is 11.8. The van der Waals surface area contributed by atoms with Gasteiger partial charge in [-0.3, -0.25) is 0 Å². The molecule has 0 atom stereocenters. The van der Waals surface area contributed by atoms with Gasteiger partial charge in [-0.15, -0.1) is 0 Å². The number of hydrogen-bond acceptors (Lipinski definition) is 1. The number of rotatable bonds is 10. The van der Waals surface area contributed by atoms with Crippen molar-refractivity contribution in [3.05, 3.63) is 340 Å². The van der Waals surface area contributed by atoms with Crippen LogP contribution in [0.4, 0.5) is 17.1 Å². The number of nitrogens with zero attached hydrogens (tertiary/aromatic N) is 4. The van der Waals surface area contributed by atoms with Crippen molar-refractivity contribution < 1.29 is 0 Å². The van der Waals surface area contributed by atoms with E-state index in [1.54, 1.807) is 0 Å². The highest BCUT2D eigenvalue weighted by Crippen LogP contribution is 2.48. The molecule has 90 heavy (non-hydrogen) atoms. The Balaban J connectivity index is 0.768. The van der Waals surface area contributed by atoms with Gasteiger partial charge in [-0.05, 0) is 164 Å². The van der Waals surface area contributed by atoms with Crippen LogP contribution in [0.5, 0.6) is 0 Å². The third-order valence-electron chi connectivity index (χ3n) is 18.6. The van der Waals surface area contributed by atoms with Crippen molar-refractivity contribution in [3.63, 3.8) is 0 Å². The highest BCUT2D eigenvalue weighted by atomic mass is 15.1. The van der Waals surface area contributed by atoms with Gasteiger partial charge in [0.1, 0.15) is 0 Å². The minimum absolute atomic E-state index is 1.07. The van der Waals surface area contributed by atoms with Crippen molar-refractivity contribution in [1.82, 2.24) is 13.7 Å². The van der Waals surface area contributed by atoms with Crippen molar-refractivity contribution in [2.45, 2.75) is 0 Å². The first-order chi connectivity index (χ1) is 44.7. The van der Waals surface area contributed by atoms with Gasteiger partial charge < -0.3 is 18.6 Å². The molecule has 4 heteroatoms. The number of anilines is 3. The van der Waals surface area contributed by atoms with E-state index in [0.717, 1.165) is 56.0 Å². The number of benzene rings is 15. The largest absolute Gasteiger partial charge is 0.309 e. The molecule has 0 aliphatic heterocycles. The Kier molecular flexibility index (Phi) is 11.9. The molecule has 0 radical (unpaired) electrons. The summed E-state index contributed by atoms with van der Waals surface area (Å²) in [6.45, 7) is 0. The molecular formula is C86H56N4. The van der Waals surface area contributed by atoms with E-state index >= 15 is 0 Å². The fourth-order valence-electron chi connectivity index (χ4n) is 14.5. The molecule has 4 nitrogen and oxygen atoms in total. The third kappa shape index (κ3) is 8.23. The predicted octanol–water partition coefficient (Wildman–Crippen LogP) is 23.4. The van der Waals surface area contributed by atoms with Crippen LogP contribution in [0.25, 0.3) is 149 Å². The Morgan fingerprint density at radius 3 is 0.967 bits per heavy atom. The zero-order chi connectivity index (χ0) is 59.2. The fourth-order valence-corrected chi connectivity index (χ4v) is 14.5. The van der Waals surface area contributed by atoms with E-state index in [4.69, 9.17) is 0 Å². The molecule has 3 heterocycles. The lowest BCUT2D eigenvalue weighted by Gasteiger charge is -2.29. The molecule has 0 aliphatic carbocycles. The number of hydrogen-bond donors (Lipinski definition) is 0. The summed E-state index contributed by atoms with van der Waals surface area (Å²) < 4.78 is 7.17. The zero-order valence-electron chi connectivity index (χ0n) is 49.1. The molecule has 0 N–H and O–H groups in total. The molecule has 0 amide bonds. The maximum atomic E-state index is 2.49. The highest BCUT2D eigenvalue weighted by Gasteiger charge is 2.23. The molecule has 0 fully saturated rings. The van der Waals surface area contributed by atoms with E-state index in [1.165, 1.54) is 110 Å². The summed E-state index contributed by atoms with van der Waals surface area (Å²) in [5.41, 5.74) is 23.3. The van der Waals surface area contributed by atoms with Gasteiger partial charge in [0.25, 0.3) is 0 Å². The van der Waals surface area contributed by atoms with Crippen molar-refractivity contribution >= 4 is 104 Å². The molecule has 0 spiro atoms. The number of fused-ring (bicyclic) bond motifs is 11. The van der Waals surface area contributed by atoms with Gasteiger partial charge >= 0.3 is 0 Å².